The van der Waals surface area contributed by atoms with E-state index in [1.807, 2.05) is 38.4 Å². The first-order chi connectivity index (χ1) is 13.1. The summed E-state index contributed by atoms with van der Waals surface area (Å²) in [6.07, 6.45) is 3.98. The van der Waals surface area contributed by atoms with Crippen LogP contribution >= 0.6 is 11.8 Å². The number of likely N-dealkylation sites (N-methyl/N-ethyl adjacent to an activating group) is 1. The smallest absolute Gasteiger partial charge is 0.266 e. The molecular formula is C21H19N3O2S. The van der Waals surface area contributed by atoms with Gasteiger partial charge < -0.3 is 9.67 Å². The third-order valence-electron chi connectivity index (χ3n) is 4.49. The predicted octanol–water partition coefficient (Wildman–Crippen LogP) is 4.51. The van der Waals surface area contributed by atoms with Crippen molar-refractivity contribution in [3.63, 3.8) is 0 Å². The lowest BCUT2D eigenvalue weighted by Gasteiger charge is -2.11. The Hall–Kier alpha value is -2.99. The summed E-state index contributed by atoms with van der Waals surface area (Å²) in [5.41, 5.74) is 2.85. The molecule has 1 amide bonds. The quantitative estimate of drug-likeness (QED) is 0.684. The highest BCUT2D eigenvalue weighted by atomic mass is 32.2. The number of amidine groups is 1. The molecule has 2 heterocycles. The first kappa shape index (κ1) is 17.4. The second-order valence-corrected chi connectivity index (χ2v) is 7.29. The first-order valence-electron chi connectivity index (χ1n) is 8.70. The van der Waals surface area contributed by atoms with E-state index in [0.717, 1.165) is 16.5 Å². The van der Waals surface area contributed by atoms with E-state index in [4.69, 9.17) is 0 Å². The monoisotopic (exact) mass is 377 g/mol. The minimum absolute atomic E-state index is 0.0343. The van der Waals surface area contributed by atoms with Crippen molar-refractivity contribution in [1.82, 2.24) is 9.47 Å². The van der Waals surface area contributed by atoms with E-state index in [1.165, 1.54) is 11.8 Å². The van der Waals surface area contributed by atoms with Crippen molar-refractivity contribution in [3.05, 3.63) is 65.2 Å². The zero-order valence-corrected chi connectivity index (χ0v) is 15.9. The lowest BCUT2D eigenvalue weighted by molar-refractivity contribution is -0.122. The van der Waals surface area contributed by atoms with E-state index >= 15 is 0 Å². The highest BCUT2D eigenvalue weighted by Gasteiger charge is 2.32. The van der Waals surface area contributed by atoms with Crippen LogP contribution < -0.4 is 0 Å². The Bertz CT molecular complexity index is 1080. The number of thioether (sulfide) groups is 1. The number of hydrogen-bond acceptors (Lipinski definition) is 4. The van der Waals surface area contributed by atoms with E-state index < -0.39 is 0 Å². The summed E-state index contributed by atoms with van der Waals surface area (Å²) >= 11 is 1.38. The Morgan fingerprint density at radius 1 is 1.15 bits per heavy atom. The van der Waals surface area contributed by atoms with Gasteiger partial charge in [0.05, 0.1) is 10.6 Å². The average molecular weight is 377 g/mol. The molecule has 0 atom stereocenters. The number of fused-ring (bicyclic) bond motifs is 1. The van der Waals surface area contributed by atoms with Gasteiger partial charge in [0.1, 0.15) is 5.75 Å². The van der Waals surface area contributed by atoms with Crippen LogP contribution in [0.15, 0.2) is 64.6 Å². The fourth-order valence-electron chi connectivity index (χ4n) is 3.14. The highest BCUT2D eigenvalue weighted by molar-refractivity contribution is 8.18. The zero-order chi connectivity index (χ0) is 19.0. The fraction of sp³-hybridized carbons (Fsp3) is 0.143. The summed E-state index contributed by atoms with van der Waals surface area (Å²) in [5, 5.41) is 11.2. The van der Waals surface area contributed by atoms with Gasteiger partial charge in [-0.2, -0.15) is 0 Å². The highest BCUT2D eigenvalue weighted by Crippen LogP contribution is 2.35. The summed E-state index contributed by atoms with van der Waals surface area (Å²) in [7, 11) is 2.00. The fourth-order valence-corrected chi connectivity index (χ4v) is 4.19. The minimum Gasteiger partial charge on any atom is -0.508 e. The maximum Gasteiger partial charge on any atom is 0.266 e. The number of benzene rings is 2. The summed E-state index contributed by atoms with van der Waals surface area (Å²) in [6.45, 7) is 2.49. The van der Waals surface area contributed by atoms with Gasteiger partial charge in [0.2, 0.25) is 0 Å². The van der Waals surface area contributed by atoms with Crippen LogP contribution in [-0.2, 0) is 11.8 Å². The number of rotatable bonds is 3. The minimum atomic E-state index is -0.0343. The van der Waals surface area contributed by atoms with E-state index in [1.54, 1.807) is 29.2 Å². The van der Waals surface area contributed by atoms with Gasteiger partial charge in [-0.05, 0) is 55.1 Å². The first-order valence-corrected chi connectivity index (χ1v) is 9.51. The molecule has 0 radical (unpaired) electrons. The molecule has 3 aromatic rings. The lowest BCUT2D eigenvalue weighted by Crippen LogP contribution is -2.28. The van der Waals surface area contributed by atoms with Crippen LogP contribution in [0.3, 0.4) is 0 Å². The molecule has 0 saturated carbocycles. The number of aliphatic imine (C=N–C) groups is 1. The van der Waals surface area contributed by atoms with E-state index in [-0.39, 0.29) is 11.7 Å². The second-order valence-electron chi connectivity index (χ2n) is 6.28. The van der Waals surface area contributed by atoms with Crippen molar-refractivity contribution >= 4 is 45.5 Å². The molecule has 6 heteroatoms. The SMILES string of the molecule is CCN1C(=O)/C(=C/c2cn(C)c3ccccc23)SC1=Nc1ccc(O)cc1. The van der Waals surface area contributed by atoms with Crippen molar-refractivity contribution in [3.8, 4) is 5.75 Å². The molecule has 4 rings (SSSR count). The van der Waals surface area contributed by atoms with E-state index in [0.29, 0.717) is 22.3 Å². The van der Waals surface area contributed by atoms with Crippen LogP contribution in [0.1, 0.15) is 12.5 Å². The molecule has 1 fully saturated rings. The molecule has 0 bridgehead atoms. The molecule has 1 aliphatic heterocycles. The number of hydrogen-bond donors (Lipinski definition) is 1. The molecule has 0 spiro atoms. The molecular weight excluding hydrogens is 358 g/mol. The number of aromatic nitrogens is 1. The van der Waals surface area contributed by atoms with Gasteiger partial charge in [0, 0.05) is 36.3 Å². The summed E-state index contributed by atoms with van der Waals surface area (Å²) in [5.74, 6) is 0.158. The number of carbonyl (C=O) groups is 1. The third kappa shape index (κ3) is 3.24. The summed E-state index contributed by atoms with van der Waals surface area (Å²) < 4.78 is 2.06. The topological polar surface area (TPSA) is 57.8 Å². The number of nitrogens with zero attached hydrogens (tertiary/aromatic N) is 3. The molecule has 5 nitrogen and oxygen atoms in total. The molecule has 2 aromatic carbocycles. The lowest BCUT2D eigenvalue weighted by atomic mass is 10.1. The number of amides is 1. The molecule has 1 N–H and O–H groups in total. The van der Waals surface area contributed by atoms with Crippen molar-refractivity contribution in [2.45, 2.75) is 6.92 Å². The normalized spacial score (nSPS) is 17.6. The van der Waals surface area contributed by atoms with Gasteiger partial charge in [-0.25, -0.2) is 4.99 Å². The van der Waals surface area contributed by atoms with Crippen LogP contribution in [0.4, 0.5) is 5.69 Å². The number of aryl methyl sites for hydroxylation is 1. The number of carbonyl (C=O) groups excluding carboxylic acids is 1. The molecule has 1 aliphatic rings. The van der Waals surface area contributed by atoms with Crippen LogP contribution in [0, 0.1) is 0 Å². The Balaban J connectivity index is 1.72. The zero-order valence-electron chi connectivity index (χ0n) is 15.1. The van der Waals surface area contributed by atoms with Crippen molar-refractivity contribution in [2.75, 3.05) is 6.54 Å². The molecule has 0 unspecified atom stereocenters. The van der Waals surface area contributed by atoms with E-state index in [2.05, 4.69) is 21.7 Å². The molecule has 1 saturated heterocycles. The van der Waals surface area contributed by atoms with Gasteiger partial charge in [0.25, 0.3) is 5.91 Å². The summed E-state index contributed by atoms with van der Waals surface area (Å²) in [4.78, 5) is 19.8. The Labute approximate surface area is 161 Å². The summed E-state index contributed by atoms with van der Waals surface area (Å²) in [6, 6.07) is 14.8. The Kier molecular flexibility index (Phi) is 4.49. The van der Waals surface area contributed by atoms with Crippen molar-refractivity contribution in [2.24, 2.45) is 12.0 Å². The van der Waals surface area contributed by atoms with E-state index in [9.17, 15) is 9.90 Å². The van der Waals surface area contributed by atoms with Gasteiger partial charge in [-0.1, -0.05) is 18.2 Å². The number of phenols is 1. The van der Waals surface area contributed by atoms with Gasteiger partial charge in [-0.3, -0.25) is 9.69 Å². The van der Waals surface area contributed by atoms with Crippen molar-refractivity contribution < 1.29 is 9.90 Å². The predicted molar refractivity (Wildman–Crippen MR) is 111 cm³/mol. The van der Waals surface area contributed by atoms with Crippen LogP contribution in [-0.4, -0.2) is 32.2 Å². The van der Waals surface area contributed by atoms with Crippen LogP contribution in [0.5, 0.6) is 5.75 Å². The average Bonchev–Trinajstić information content (AvgIpc) is 3.14. The second kappa shape index (κ2) is 6.96. The standard InChI is InChI=1S/C21H19N3O2S/c1-3-24-20(26)19(27-21(24)22-15-8-10-16(25)11-9-15)12-14-13-23(2)18-7-5-4-6-17(14)18/h4-13,25H,3H2,1-2H3/b19-12-,22-21?. The Morgan fingerprint density at radius 2 is 1.89 bits per heavy atom. The number of aromatic hydroxyl groups is 1. The molecule has 1 aromatic heterocycles. The largest absolute Gasteiger partial charge is 0.508 e. The van der Waals surface area contributed by atoms with Crippen molar-refractivity contribution in [1.29, 1.82) is 0 Å². The molecule has 0 aliphatic carbocycles. The number of para-hydroxylation sites is 1. The third-order valence-corrected chi connectivity index (χ3v) is 5.50. The maximum atomic E-state index is 12.8. The van der Waals surface area contributed by atoms with Gasteiger partial charge in [-0.15, -0.1) is 0 Å². The van der Waals surface area contributed by atoms with Gasteiger partial charge >= 0.3 is 0 Å². The number of phenolic OH excluding ortho intramolecular Hbond substituents is 1. The van der Waals surface area contributed by atoms with Crippen LogP contribution in [0.25, 0.3) is 17.0 Å². The van der Waals surface area contributed by atoms with Crippen LogP contribution in [0.2, 0.25) is 0 Å². The Morgan fingerprint density at radius 3 is 2.63 bits per heavy atom. The molecule has 27 heavy (non-hydrogen) atoms. The van der Waals surface area contributed by atoms with Gasteiger partial charge in [0.15, 0.2) is 5.17 Å². The maximum absolute atomic E-state index is 12.8. The molecule has 136 valence electrons.